The first-order valence-electron chi connectivity index (χ1n) is 7.79. The van der Waals surface area contributed by atoms with Crippen molar-refractivity contribution < 1.29 is 4.79 Å². The molecule has 1 spiro atoms. The van der Waals surface area contributed by atoms with Crippen molar-refractivity contribution in [3.8, 4) is 0 Å². The van der Waals surface area contributed by atoms with Gasteiger partial charge in [-0.1, -0.05) is 18.2 Å². The number of hydrogen-bond donors (Lipinski definition) is 2. The fourth-order valence-corrected chi connectivity index (χ4v) is 3.80. The summed E-state index contributed by atoms with van der Waals surface area (Å²) in [6.45, 7) is 3.60. The molecule has 0 saturated carbocycles. The molecular weight excluding hydrogens is 314 g/mol. The molecule has 2 aliphatic heterocycles. The van der Waals surface area contributed by atoms with Gasteiger partial charge >= 0.3 is 0 Å². The molecule has 2 N–H and O–H groups in total. The van der Waals surface area contributed by atoms with Crippen LogP contribution in [0, 0.1) is 5.41 Å². The van der Waals surface area contributed by atoms with Crippen molar-refractivity contribution in [3.05, 3.63) is 46.2 Å². The molecule has 1 aromatic carbocycles. The highest BCUT2D eigenvalue weighted by Gasteiger charge is 2.42. The Kier molecular flexibility index (Phi) is 4.17. The van der Waals surface area contributed by atoms with Crippen LogP contribution in [0.4, 0.5) is 0 Å². The second-order valence-electron chi connectivity index (χ2n) is 6.50. The number of benzene rings is 1. The fraction of sp³-hybridized carbons (Fsp3) is 0.412. The quantitative estimate of drug-likeness (QED) is 0.836. The number of para-hydroxylation sites is 1. The summed E-state index contributed by atoms with van der Waals surface area (Å²) < 4.78 is 0. The number of aromatic nitrogens is 1. The van der Waals surface area contributed by atoms with E-state index in [-0.39, 0.29) is 29.3 Å². The van der Waals surface area contributed by atoms with Crippen molar-refractivity contribution in [2.45, 2.75) is 12.8 Å². The lowest BCUT2D eigenvalue weighted by Gasteiger charge is -2.23. The molecule has 2 aliphatic rings. The Morgan fingerprint density at radius 1 is 1.22 bits per heavy atom. The molecule has 2 aromatic rings. The van der Waals surface area contributed by atoms with E-state index < -0.39 is 0 Å². The van der Waals surface area contributed by atoms with Crippen molar-refractivity contribution in [2.24, 2.45) is 5.41 Å². The monoisotopic (exact) mass is 333 g/mol. The van der Waals surface area contributed by atoms with Crippen LogP contribution in [0.25, 0.3) is 10.9 Å². The summed E-state index contributed by atoms with van der Waals surface area (Å²) in [5.41, 5.74) is 1.25. The summed E-state index contributed by atoms with van der Waals surface area (Å²) in [6.07, 6.45) is 2.18. The van der Waals surface area contributed by atoms with E-state index in [9.17, 15) is 9.59 Å². The van der Waals surface area contributed by atoms with Gasteiger partial charge in [-0.15, -0.1) is 12.4 Å². The second kappa shape index (κ2) is 5.98. The number of carbonyl (C=O) groups is 1. The van der Waals surface area contributed by atoms with Crippen LogP contribution < -0.4 is 10.9 Å². The van der Waals surface area contributed by atoms with E-state index in [1.165, 1.54) is 6.07 Å². The summed E-state index contributed by atoms with van der Waals surface area (Å²) in [6, 6.07) is 8.91. The molecule has 6 heteroatoms. The number of pyridine rings is 1. The van der Waals surface area contributed by atoms with Crippen LogP contribution in [-0.2, 0) is 0 Å². The van der Waals surface area contributed by atoms with Gasteiger partial charge in [0.2, 0.25) is 5.56 Å². The summed E-state index contributed by atoms with van der Waals surface area (Å²) in [5, 5.41) is 4.22. The first-order chi connectivity index (χ1) is 10.7. The molecule has 122 valence electrons. The number of likely N-dealkylation sites (tertiary alicyclic amines) is 1. The average molecular weight is 334 g/mol. The number of aromatic amines is 1. The lowest BCUT2D eigenvalue weighted by atomic mass is 9.86. The highest BCUT2D eigenvalue weighted by atomic mass is 35.5. The number of amides is 1. The first kappa shape index (κ1) is 16.0. The third-order valence-electron chi connectivity index (χ3n) is 5.04. The normalized spacial score (nSPS) is 23.4. The maximum Gasteiger partial charge on any atom is 0.254 e. The van der Waals surface area contributed by atoms with E-state index >= 15 is 0 Å². The molecule has 1 unspecified atom stereocenters. The topological polar surface area (TPSA) is 65.2 Å². The Morgan fingerprint density at radius 2 is 2.04 bits per heavy atom. The zero-order chi connectivity index (χ0) is 15.2. The maximum absolute atomic E-state index is 12.9. The lowest BCUT2D eigenvalue weighted by Crippen LogP contribution is -2.33. The Hall–Kier alpha value is -1.85. The molecule has 1 atom stereocenters. The molecule has 4 rings (SSSR count). The third-order valence-corrected chi connectivity index (χ3v) is 5.04. The van der Waals surface area contributed by atoms with Crippen LogP contribution in [0.3, 0.4) is 0 Å². The minimum absolute atomic E-state index is 0. The van der Waals surface area contributed by atoms with Crippen molar-refractivity contribution in [1.29, 1.82) is 0 Å². The smallest absolute Gasteiger partial charge is 0.254 e. The SMILES string of the molecule is Cl.O=C(c1cc(=O)[nH]c2ccccc12)N1CCC2(CCNC2)C1. The van der Waals surface area contributed by atoms with Crippen LogP contribution >= 0.6 is 12.4 Å². The second-order valence-corrected chi connectivity index (χ2v) is 6.50. The van der Waals surface area contributed by atoms with Gasteiger partial charge in [-0.25, -0.2) is 0 Å². The molecule has 5 nitrogen and oxygen atoms in total. The average Bonchev–Trinajstić information content (AvgIpc) is 3.16. The molecular formula is C17H20ClN3O2. The summed E-state index contributed by atoms with van der Waals surface area (Å²) in [5.74, 6) is -0.0222. The van der Waals surface area contributed by atoms with Gasteiger partial charge in [-0.2, -0.15) is 0 Å². The number of nitrogens with one attached hydrogen (secondary N) is 2. The minimum Gasteiger partial charge on any atom is -0.338 e. The predicted octanol–water partition coefficient (Wildman–Crippen LogP) is 1.78. The Balaban J connectivity index is 0.00000156. The van der Waals surface area contributed by atoms with Gasteiger partial charge in [0.1, 0.15) is 0 Å². The molecule has 3 heterocycles. The van der Waals surface area contributed by atoms with Crippen LogP contribution in [0.2, 0.25) is 0 Å². The van der Waals surface area contributed by atoms with E-state index in [1.54, 1.807) is 0 Å². The van der Waals surface area contributed by atoms with Crippen molar-refractivity contribution in [2.75, 3.05) is 26.2 Å². The molecule has 0 bridgehead atoms. The van der Waals surface area contributed by atoms with E-state index in [0.717, 1.165) is 49.9 Å². The minimum atomic E-state index is -0.224. The Bertz CT molecular complexity index is 796. The standard InChI is InChI=1S/C17H19N3O2.ClH/c21-15-9-13(12-3-1-2-4-14(12)19-15)16(22)20-8-6-17(11-20)5-7-18-10-17;/h1-4,9,18H,5-8,10-11H2,(H,19,21);1H. The number of halogens is 1. The number of fused-ring (bicyclic) bond motifs is 1. The van der Waals surface area contributed by atoms with Gasteiger partial charge in [-0.05, 0) is 25.5 Å². The number of hydrogen-bond acceptors (Lipinski definition) is 3. The van der Waals surface area contributed by atoms with Gasteiger partial charge in [0.15, 0.2) is 0 Å². The highest BCUT2D eigenvalue weighted by Crippen LogP contribution is 2.36. The Labute approximate surface area is 140 Å². The Morgan fingerprint density at radius 3 is 2.83 bits per heavy atom. The number of H-pyrrole nitrogens is 1. The summed E-state index contributed by atoms with van der Waals surface area (Å²) in [4.78, 5) is 29.4. The van der Waals surface area contributed by atoms with Crippen molar-refractivity contribution in [1.82, 2.24) is 15.2 Å². The lowest BCUT2D eigenvalue weighted by molar-refractivity contribution is 0.0777. The molecule has 0 aliphatic carbocycles. The predicted molar refractivity (Wildman–Crippen MR) is 92.3 cm³/mol. The van der Waals surface area contributed by atoms with Crippen molar-refractivity contribution >= 4 is 29.2 Å². The van der Waals surface area contributed by atoms with E-state index in [0.29, 0.717) is 5.56 Å². The van der Waals surface area contributed by atoms with Crippen LogP contribution in [-0.4, -0.2) is 42.0 Å². The van der Waals surface area contributed by atoms with Gasteiger partial charge in [0.05, 0.1) is 5.56 Å². The van der Waals surface area contributed by atoms with E-state index in [2.05, 4.69) is 10.3 Å². The van der Waals surface area contributed by atoms with Gasteiger partial charge < -0.3 is 15.2 Å². The fourth-order valence-electron chi connectivity index (χ4n) is 3.80. The third kappa shape index (κ3) is 2.75. The van der Waals surface area contributed by atoms with E-state index in [4.69, 9.17) is 0 Å². The van der Waals surface area contributed by atoms with Crippen LogP contribution in [0.1, 0.15) is 23.2 Å². The zero-order valence-electron chi connectivity index (χ0n) is 12.8. The summed E-state index contributed by atoms with van der Waals surface area (Å²) in [7, 11) is 0. The molecule has 0 radical (unpaired) electrons. The zero-order valence-corrected chi connectivity index (χ0v) is 13.6. The first-order valence-corrected chi connectivity index (χ1v) is 7.79. The molecule has 23 heavy (non-hydrogen) atoms. The molecule has 1 aromatic heterocycles. The molecule has 2 saturated heterocycles. The van der Waals surface area contributed by atoms with Gasteiger partial charge in [0, 0.05) is 42.0 Å². The molecule has 1 amide bonds. The van der Waals surface area contributed by atoms with E-state index in [1.807, 2.05) is 29.2 Å². The maximum atomic E-state index is 12.9. The summed E-state index contributed by atoms with van der Waals surface area (Å²) >= 11 is 0. The number of carbonyl (C=O) groups excluding carboxylic acids is 1. The van der Waals surface area contributed by atoms with Gasteiger partial charge in [0.25, 0.3) is 5.91 Å². The van der Waals surface area contributed by atoms with Crippen LogP contribution in [0.5, 0.6) is 0 Å². The van der Waals surface area contributed by atoms with Crippen LogP contribution in [0.15, 0.2) is 35.1 Å². The molecule has 2 fully saturated rings. The largest absolute Gasteiger partial charge is 0.338 e. The highest BCUT2D eigenvalue weighted by molar-refractivity contribution is 6.06. The number of rotatable bonds is 1. The van der Waals surface area contributed by atoms with Crippen molar-refractivity contribution in [3.63, 3.8) is 0 Å². The van der Waals surface area contributed by atoms with Gasteiger partial charge in [-0.3, -0.25) is 9.59 Å². The number of nitrogens with zero attached hydrogens (tertiary/aromatic N) is 1.